The van der Waals surface area contributed by atoms with Gasteiger partial charge in [-0.05, 0) is 37.9 Å². The van der Waals surface area contributed by atoms with E-state index in [1.54, 1.807) is 24.3 Å². The highest BCUT2D eigenvalue weighted by atomic mass is 32.1. The molecule has 0 spiro atoms. The highest BCUT2D eigenvalue weighted by Crippen LogP contribution is 2.31. The number of thiazole rings is 1. The van der Waals surface area contributed by atoms with E-state index in [0.717, 1.165) is 36.6 Å². The Morgan fingerprint density at radius 3 is 2.80 bits per heavy atom. The van der Waals surface area contributed by atoms with Gasteiger partial charge in [0.25, 0.3) is 0 Å². The monoisotopic (exact) mass is 292 g/mol. The fourth-order valence-corrected chi connectivity index (χ4v) is 3.24. The largest absolute Gasteiger partial charge is 0.312 e. The number of hydrogen-bond donors (Lipinski definition) is 1. The average Bonchev–Trinajstić information content (AvgIpc) is 2.85. The Balaban J connectivity index is 2.31. The lowest BCUT2D eigenvalue weighted by atomic mass is 10.1. The van der Waals surface area contributed by atoms with Crippen LogP contribution in [0.5, 0.6) is 0 Å². The summed E-state index contributed by atoms with van der Waals surface area (Å²) in [7, 11) is 0. The highest BCUT2D eigenvalue weighted by molar-refractivity contribution is 7.15. The van der Waals surface area contributed by atoms with E-state index in [4.69, 9.17) is 0 Å². The van der Waals surface area contributed by atoms with E-state index in [-0.39, 0.29) is 5.82 Å². The molecule has 2 nitrogen and oxygen atoms in total. The lowest BCUT2D eigenvalue weighted by Crippen LogP contribution is -2.13. The minimum atomic E-state index is -0.156. The van der Waals surface area contributed by atoms with Crippen LogP contribution in [0.25, 0.3) is 10.6 Å². The molecular formula is C16H21FN2S. The molecule has 1 N–H and O–H groups in total. The van der Waals surface area contributed by atoms with Crippen molar-refractivity contribution in [1.82, 2.24) is 10.3 Å². The zero-order chi connectivity index (χ0) is 14.5. The van der Waals surface area contributed by atoms with Crippen LogP contribution < -0.4 is 5.32 Å². The summed E-state index contributed by atoms with van der Waals surface area (Å²) in [5, 5.41) is 4.18. The Bertz CT molecular complexity index is 578. The summed E-state index contributed by atoms with van der Waals surface area (Å²) in [5.74, 6) is -0.156. The van der Waals surface area contributed by atoms with Gasteiger partial charge in [0.2, 0.25) is 0 Å². The molecule has 1 aromatic heterocycles. The van der Waals surface area contributed by atoms with Crippen molar-refractivity contribution in [3.8, 4) is 10.6 Å². The molecule has 0 fully saturated rings. The maximum absolute atomic E-state index is 14.2. The summed E-state index contributed by atoms with van der Waals surface area (Å²) in [6.45, 7) is 7.84. The third-order valence-corrected chi connectivity index (χ3v) is 4.38. The molecule has 2 rings (SSSR count). The number of benzene rings is 1. The molecule has 20 heavy (non-hydrogen) atoms. The van der Waals surface area contributed by atoms with Crippen LogP contribution in [0, 0.1) is 12.7 Å². The molecule has 108 valence electrons. The number of aromatic nitrogens is 1. The van der Waals surface area contributed by atoms with Crippen LogP contribution in [-0.2, 0) is 13.0 Å². The van der Waals surface area contributed by atoms with Crippen LogP contribution in [0.3, 0.4) is 0 Å². The molecule has 0 aliphatic rings. The van der Waals surface area contributed by atoms with Crippen LogP contribution >= 0.6 is 11.3 Å². The molecule has 0 radical (unpaired) electrons. The first-order valence-electron chi connectivity index (χ1n) is 7.12. The normalized spacial score (nSPS) is 11.0. The Kier molecular flexibility index (Phi) is 5.26. The Morgan fingerprint density at radius 2 is 2.10 bits per heavy atom. The SMILES string of the molecule is CCCNCc1sc(-c2cccc(C)c2F)nc1CC. The van der Waals surface area contributed by atoms with Crippen molar-refractivity contribution in [2.45, 2.75) is 40.2 Å². The maximum Gasteiger partial charge on any atom is 0.136 e. The van der Waals surface area contributed by atoms with Gasteiger partial charge in [0.05, 0.1) is 5.69 Å². The van der Waals surface area contributed by atoms with E-state index in [2.05, 4.69) is 24.1 Å². The van der Waals surface area contributed by atoms with Crippen molar-refractivity contribution in [2.24, 2.45) is 0 Å². The molecule has 0 aliphatic heterocycles. The van der Waals surface area contributed by atoms with Gasteiger partial charge >= 0.3 is 0 Å². The molecule has 0 amide bonds. The van der Waals surface area contributed by atoms with Gasteiger partial charge in [0.15, 0.2) is 0 Å². The molecule has 1 heterocycles. The average molecular weight is 292 g/mol. The van der Waals surface area contributed by atoms with Gasteiger partial charge in [0, 0.05) is 17.0 Å². The third-order valence-electron chi connectivity index (χ3n) is 3.25. The van der Waals surface area contributed by atoms with E-state index >= 15 is 0 Å². The molecule has 0 saturated carbocycles. The molecule has 2 aromatic rings. The fourth-order valence-electron chi connectivity index (χ4n) is 2.10. The first-order valence-corrected chi connectivity index (χ1v) is 7.93. The number of halogens is 1. The highest BCUT2D eigenvalue weighted by Gasteiger charge is 2.14. The van der Waals surface area contributed by atoms with Gasteiger partial charge in [0.1, 0.15) is 10.8 Å². The van der Waals surface area contributed by atoms with E-state index in [1.807, 2.05) is 12.1 Å². The van der Waals surface area contributed by atoms with Crippen LogP contribution in [0.4, 0.5) is 4.39 Å². The second-order valence-electron chi connectivity index (χ2n) is 4.86. The van der Waals surface area contributed by atoms with Gasteiger partial charge in [-0.3, -0.25) is 0 Å². The first kappa shape index (κ1) is 15.1. The lowest BCUT2D eigenvalue weighted by Gasteiger charge is -2.01. The third kappa shape index (κ3) is 3.25. The van der Waals surface area contributed by atoms with Crippen molar-refractivity contribution >= 4 is 11.3 Å². The Hall–Kier alpha value is -1.26. The summed E-state index contributed by atoms with van der Waals surface area (Å²) < 4.78 is 14.2. The number of nitrogens with zero attached hydrogens (tertiary/aromatic N) is 1. The quantitative estimate of drug-likeness (QED) is 0.802. The number of aryl methyl sites for hydroxylation is 2. The molecule has 0 unspecified atom stereocenters. The van der Waals surface area contributed by atoms with Crippen molar-refractivity contribution in [3.05, 3.63) is 40.2 Å². The number of hydrogen-bond acceptors (Lipinski definition) is 3. The van der Waals surface area contributed by atoms with E-state index < -0.39 is 0 Å². The second kappa shape index (κ2) is 6.95. The smallest absolute Gasteiger partial charge is 0.136 e. The van der Waals surface area contributed by atoms with E-state index in [9.17, 15) is 4.39 Å². The number of nitrogens with one attached hydrogen (secondary N) is 1. The first-order chi connectivity index (χ1) is 9.67. The zero-order valence-corrected chi connectivity index (χ0v) is 13.1. The van der Waals surface area contributed by atoms with Crippen LogP contribution in [-0.4, -0.2) is 11.5 Å². The van der Waals surface area contributed by atoms with Gasteiger partial charge in [-0.2, -0.15) is 0 Å². The predicted octanol–water partition coefficient (Wildman–Crippen LogP) is 4.32. The standard InChI is InChI=1S/C16H21FN2S/c1-4-9-18-10-14-13(5-2)19-16(20-14)12-8-6-7-11(3)15(12)17/h6-8,18H,4-5,9-10H2,1-3H3. The van der Waals surface area contributed by atoms with Gasteiger partial charge < -0.3 is 5.32 Å². The molecule has 0 aliphatic carbocycles. The summed E-state index contributed by atoms with van der Waals surface area (Å²) in [5.41, 5.74) is 2.36. The second-order valence-corrected chi connectivity index (χ2v) is 5.94. The topological polar surface area (TPSA) is 24.9 Å². The van der Waals surface area contributed by atoms with Crippen LogP contribution in [0.15, 0.2) is 18.2 Å². The lowest BCUT2D eigenvalue weighted by molar-refractivity contribution is 0.622. The predicted molar refractivity (Wildman–Crippen MR) is 83.6 cm³/mol. The van der Waals surface area contributed by atoms with Crippen molar-refractivity contribution in [3.63, 3.8) is 0 Å². The molecule has 0 atom stereocenters. The Morgan fingerprint density at radius 1 is 1.30 bits per heavy atom. The van der Waals surface area contributed by atoms with Crippen molar-refractivity contribution in [2.75, 3.05) is 6.54 Å². The Labute approximate surface area is 124 Å². The van der Waals surface area contributed by atoms with E-state index in [0.29, 0.717) is 11.1 Å². The summed E-state index contributed by atoms with van der Waals surface area (Å²) in [6, 6.07) is 5.48. The van der Waals surface area contributed by atoms with E-state index in [1.165, 1.54) is 4.88 Å². The van der Waals surface area contributed by atoms with Gasteiger partial charge in [-0.1, -0.05) is 26.0 Å². The number of rotatable bonds is 6. The summed E-state index contributed by atoms with van der Waals surface area (Å²) in [4.78, 5) is 5.84. The van der Waals surface area contributed by atoms with Crippen LogP contribution in [0.2, 0.25) is 0 Å². The minimum Gasteiger partial charge on any atom is -0.312 e. The molecule has 4 heteroatoms. The van der Waals surface area contributed by atoms with Crippen LogP contribution in [0.1, 0.15) is 36.4 Å². The van der Waals surface area contributed by atoms with Gasteiger partial charge in [-0.15, -0.1) is 11.3 Å². The van der Waals surface area contributed by atoms with Crippen molar-refractivity contribution < 1.29 is 4.39 Å². The minimum absolute atomic E-state index is 0.156. The van der Waals surface area contributed by atoms with Crippen molar-refractivity contribution in [1.29, 1.82) is 0 Å². The molecular weight excluding hydrogens is 271 g/mol. The zero-order valence-electron chi connectivity index (χ0n) is 12.3. The summed E-state index contributed by atoms with van der Waals surface area (Å²) >= 11 is 1.60. The molecule has 1 aromatic carbocycles. The molecule has 0 bridgehead atoms. The summed E-state index contributed by atoms with van der Waals surface area (Å²) in [6.07, 6.45) is 1.99. The maximum atomic E-state index is 14.2. The molecule has 0 saturated heterocycles. The van der Waals surface area contributed by atoms with Gasteiger partial charge in [-0.25, -0.2) is 9.37 Å². The fraction of sp³-hybridized carbons (Fsp3) is 0.438.